The van der Waals surface area contributed by atoms with E-state index < -0.39 is 0 Å². The number of carbonyl (C=O) groups excluding carboxylic acids is 1. The Labute approximate surface area is 126 Å². The molecule has 118 valence electrons. The summed E-state index contributed by atoms with van der Waals surface area (Å²) < 4.78 is 0. The van der Waals surface area contributed by atoms with Crippen molar-refractivity contribution in [3.63, 3.8) is 0 Å². The summed E-state index contributed by atoms with van der Waals surface area (Å²) in [5.74, 6) is 0.951. The summed E-state index contributed by atoms with van der Waals surface area (Å²) in [7, 11) is 0. The number of Topliss-reactive ketones (excluding diaryl/α,β-unsaturated/α-hetero) is 1. The summed E-state index contributed by atoms with van der Waals surface area (Å²) >= 11 is 0. The normalized spacial score (nSPS) is 23.5. The fourth-order valence-electron chi connectivity index (χ4n) is 3.44. The van der Waals surface area contributed by atoms with Crippen LogP contribution in [0.25, 0.3) is 0 Å². The Morgan fingerprint density at radius 1 is 1.00 bits per heavy atom. The quantitative estimate of drug-likeness (QED) is 0.826. The maximum atomic E-state index is 12.8. The van der Waals surface area contributed by atoms with Crippen molar-refractivity contribution in [1.82, 2.24) is 5.32 Å². The molecule has 1 unspecified atom stereocenters. The largest absolute Gasteiger partial charge is 0.303 e. The Morgan fingerprint density at radius 3 is 1.65 bits per heavy atom. The van der Waals surface area contributed by atoms with E-state index >= 15 is 0 Å². The molecule has 2 heteroatoms. The predicted octanol–water partition coefficient (Wildman–Crippen LogP) is 4.43. The monoisotopic (exact) mass is 281 g/mol. The van der Waals surface area contributed by atoms with E-state index in [1.807, 2.05) is 20.8 Å². The third-order valence-electron chi connectivity index (χ3n) is 5.45. The van der Waals surface area contributed by atoms with Crippen molar-refractivity contribution >= 4 is 5.78 Å². The minimum atomic E-state index is -0.286. The van der Waals surface area contributed by atoms with E-state index in [1.165, 1.54) is 0 Å². The van der Waals surface area contributed by atoms with Gasteiger partial charge in [0.05, 0.1) is 6.04 Å². The summed E-state index contributed by atoms with van der Waals surface area (Å²) in [6.45, 7) is 21.8. The molecule has 0 aromatic rings. The first kappa shape index (κ1) is 17.7. The molecule has 0 aromatic heterocycles. The lowest BCUT2D eigenvalue weighted by atomic mass is 9.83. The fourth-order valence-corrected chi connectivity index (χ4v) is 3.44. The zero-order valence-electron chi connectivity index (χ0n) is 15.3. The smallest absolute Gasteiger partial charge is 0.155 e. The number of hydrogen-bond acceptors (Lipinski definition) is 2. The van der Waals surface area contributed by atoms with Crippen molar-refractivity contribution in [3.8, 4) is 0 Å². The zero-order valence-corrected chi connectivity index (χ0v) is 15.3. The van der Waals surface area contributed by atoms with Gasteiger partial charge in [0.1, 0.15) is 0 Å². The summed E-state index contributed by atoms with van der Waals surface area (Å²) in [5.41, 5.74) is 0.354. The van der Waals surface area contributed by atoms with Crippen LogP contribution in [-0.2, 0) is 4.79 Å². The highest BCUT2D eigenvalue weighted by molar-refractivity contribution is 5.88. The molecule has 1 atom stereocenters. The molecule has 0 saturated heterocycles. The van der Waals surface area contributed by atoms with E-state index in [1.54, 1.807) is 0 Å². The van der Waals surface area contributed by atoms with E-state index in [4.69, 9.17) is 0 Å². The second kappa shape index (κ2) is 4.83. The van der Waals surface area contributed by atoms with Gasteiger partial charge in [-0.1, -0.05) is 48.5 Å². The van der Waals surface area contributed by atoms with Crippen LogP contribution in [0.4, 0.5) is 0 Å². The molecule has 1 saturated carbocycles. The average molecular weight is 281 g/mol. The minimum Gasteiger partial charge on any atom is -0.303 e. The third-order valence-corrected chi connectivity index (χ3v) is 5.45. The summed E-state index contributed by atoms with van der Waals surface area (Å²) in [5, 5.41) is 3.56. The zero-order chi connectivity index (χ0) is 16.1. The Kier molecular flexibility index (Phi) is 4.27. The van der Waals surface area contributed by atoms with Gasteiger partial charge in [-0.3, -0.25) is 4.79 Å². The number of hydrogen-bond donors (Lipinski definition) is 1. The second-order valence-electron chi connectivity index (χ2n) is 9.79. The number of ketones is 1. The highest BCUT2D eigenvalue weighted by Crippen LogP contribution is 2.70. The van der Waals surface area contributed by atoms with Crippen LogP contribution in [0.5, 0.6) is 0 Å². The molecule has 0 bridgehead atoms. The Bertz CT molecular complexity index is 365. The number of nitrogens with one attached hydrogen (secondary N) is 1. The molecule has 0 aromatic carbocycles. The van der Waals surface area contributed by atoms with Crippen LogP contribution in [0.1, 0.15) is 75.7 Å². The van der Waals surface area contributed by atoms with Gasteiger partial charge in [-0.05, 0) is 43.9 Å². The molecule has 0 radical (unpaired) electrons. The van der Waals surface area contributed by atoms with Crippen LogP contribution in [0.2, 0.25) is 0 Å². The van der Waals surface area contributed by atoms with Crippen molar-refractivity contribution in [2.45, 2.75) is 87.2 Å². The summed E-state index contributed by atoms with van der Waals surface area (Å²) in [4.78, 5) is 12.8. The summed E-state index contributed by atoms with van der Waals surface area (Å²) in [6, 6.07) is -0.0407. The third kappa shape index (κ3) is 3.44. The van der Waals surface area contributed by atoms with E-state index in [-0.39, 0.29) is 17.0 Å². The van der Waals surface area contributed by atoms with Gasteiger partial charge in [0.2, 0.25) is 0 Å². The highest BCUT2D eigenvalue weighted by atomic mass is 16.1. The molecule has 1 fully saturated rings. The molecule has 1 aliphatic carbocycles. The molecule has 1 rings (SSSR count). The van der Waals surface area contributed by atoms with Gasteiger partial charge in [0.15, 0.2) is 5.78 Å². The molecule has 0 aliphatic heterocycles. The van der Waals surface area contributed by atoms with Crippen LogP contribution in [0, 0.1) is 22.2 Å². The molecule has 1 N–H and O–H groups in total. The Balaban J connectivity index is 2.89. The van der Waals surface area contributed by atoms with Gasteiger partial charge in [-0.15, -0.1) is 0 Å². The van der Waals surface area contributed by atoms with E-state index in [9.17, 15) is 4.79 Å². The van der Waals surface area contributed by atoms with Gasteiger partial charge in [-0.2, -0.15) is 0 Å². The highest BCUT2D eigenvalue weighted by Gasteiger charge is 2.64. The van der Waals surface area contributed by atoms with Crippen LogP contribution in [-0.4, -0.2) is 17.4 Å². The molecular formula is C18H35NO. The van der Waals surface area contributed by atoms with Crippen LogP contribution < -0.4 is 5.32 Å². The number of rotatable bonds is 4. The van der Waals surface area contributed by atoms with Gasteiger partial charge >= 0.3 is 0 Å². The minimum absolute atomic E-state index is 0.0330. The van der Waals surface area contributed by atoms with Crippen LogP contribution >= 0.6 is 0 Å². The van der Waals surface area contributed by atoms with Crippen molar-refractivity contribution in [2.24, 2.45) is 22.2 Å². The van der Waals surface area contributed by atoms with Crippen molar-refractivity contribution in [2.75, 3.05) is 0 Å². The first-order valence-electron chi connectivity index (χ1n) is 7.93. The van der Waals surface area contributed by atoms with Crippen LogP contribution in [0.3, 0.4) is 0 Å². The van der Waals surface area contributed by atoms with Crippen molar-refractivity contribution < 1.29 is 4.79 Å². The van der Waals surface area contributed by atoms with E-state index in [0.29, 0.717) is 22.5 Å². The van der Waals surface area contributed by atoms with Gasteiger partial charge < -0.3 is 5.32 Å². The summed E-state index contributed by atoms with van der Waals surface area (Å²) in [6.07, 6.45) is 0.952. The molecular weight excluding hydrogens is 246 g/mol. The SMILES string of the molecule is CC(C)(C)NC(CC1C(C)(C)C1(C)C)C(=O)C(C)(C)C. The van der Waals surface area contributed by atoms with Gasteiger partial charge in [-0.25, -0.2) is 0 Å². The topological polar surface area (TPSA) is 29.1 Å². The number of carbonyl (C=O) groups is 1. The maximum absolute atomic E-state index is 12.8. The lowest BCUT2D eigenvalue weighted by molar-refractivity contribution is -0.129. The Morgan fingerprint density at radius 2 is 1.40 bits per heavy atom. The van der Waals surface area contributed by atoms with E-state index in [0.717, 1.165) is 6.42 Å². The molecule has 0 heterocycles. The van der Waals surface area contributed by atoms with Crippen molar-refractivity contribution in [1.29, 1.82) is 0 Å². The van der Waals surface area contributed by atoms with Gasteiger partial charge in [0, 0.05) is 11.0 Å². The predicted molar refractivity (Wildman–Crippen MR) is 86.8 cm³/mol. The van der Waals surface area contributed by atoms with E-state index in [2.05, 4.69) is 53.8 Å². The lowest BCUT2D eigenvalue weighted by Crippen LogP contribution is -2.51. The maximum Gasteiger partial charge on any atom is 0.155 e. The van der Waals surface area contributed by atoms with Crippen LogP contribution in [0.15, 0.2) is 0 Å². The first-order chi connectivity index (χ1) is 8.61. The average Bonchev–Trinajstić information content (AvgIpc) is 2.55. The molecule has 0 spiro atoms. The fraction of sp³-hybridized carbons (Fsp3) is 0.944. The second-order valence-corrected chi connectivity index (χ2v) is 9.79. The standard InChI is InChI=1S/C18H35NO/c1-15(2,3)14(20)12(19-16(4,5)6)11-13-17(7,8)18(13,9)10/h12-13,19H,11H2,1-10H3. The Hall–Kier alpha value is -0.370. The first-order valence-corrected chi connectivity index (χ1v) is 7.93. The van der Waals surface area contributed by atoms with Gasteiger partial charge in [0.25, 0.3) is 0 Å². The molecule has 0 amide bonds. The van der Waals surface area contributed by atoms with Crippen molar-refractivity contribution in [3.05, 3.63) is 0 Å². The lowest BCUT2D eigenvalue weighted by Gasteiger charge is -2.32. The molecule has 20 heavy (non-hydrogen) atoms. The molecule has 1 aliphatic rings. The molecule has 2 nitrogen and oxygen atoms in total.